The zero-order valence-corrected chi connectivity index (χ0v) is 21.3. The van der Waals surface area contributed by atoms with Crippen molar-refractivity contribution in [1.29, 1.82) is 0 Å². The first kappa shape index (κ1) is 23.4. The molecule has 0 saturated carbocycles. The van der Waals surface area contributed by atoms with Gasteiger partial charge in [0.1, 0.15) is 11.5 Å². The Labute approximate surface area is 210 Å². The van der Waals surface area contributed by atoms with Crippen LogP contribution in [0.15, 0.2) is 66.4 Å². The molecule has 184 valence electrons. The third-order valence-corrected chi connectivity index (χ3v) is 6.22. The number of aryl methyl sites for hydroxylation is 2. The minimum atomic E-state index is 0.423. The fourth-order valence-corrected chi connectivity index (χ4v) is 4.19. The molecule has 0 N–H and O–H groups in total. The summed E-state index contributed by atoms with van der Waals surface area (Å²) in [4.78, 5) is 32.5. The summed E-state index contributed by atoms with van der Waals surface area (Å²) >= 11 is 0. The van der Waals surface area contributed by atoms with Crippen molar-refractivity contribution in [3.05, 3.63) is 58.7 Å². The van der Waals surface area contributed by atoms with Gasteiger partial charge in [0.25, 0.3) is 0 Å². The number of guanidine groups is 4. The van der Waals surface area contributed by atoms with Gasteiger partial charge in [-0.25, -0.2) is 4.90 Å². The summed E-state index contributed by atoms with van der Waals surface area (Å²) in [5, 5.41) is 0. The van der Waals surface area contributed by atoms with Crippen LogP contribution in [0.25, 0.3) is 0 Å². The van der Waals surface area contributed by atoms with Crippen LogP contribution in [0.3, 0.4) is 0 Å². The first-order valence-electron chi connectivity index (χ1n) is 11.8. The van der Waals surface area contributed by atoms with Gasteiger partial charge >= 0.3 is 0 Å². The summed E-state index contributed by atoms with van der Waals surface area (Å²) in [6.07, 6.45) is 0. The van der Waals surface area contributed by atoms with E-state index in [-0.39, 0.29) is 0 Å². The molecule has 3 aliphatic rings. The fourth-order valence-electron chi connectivity index (χ4n) is 4.19. The van der Waals surface area contributed by atoms with Crippen LogP contribution in [0.5, 0.6) is 11.5 Å². The van der Waals surface area contributed by atoms with Crippen molar-refractivity contribution >= 4 is 35.5 Å². The number of ether oxygens (including phenoxy) is 2. The molecule has 10 heteroatoms. The Balaban J connectivity index is 1.68. The van der Waals surface area contributed by atoms with Crippen LogP contribution < -0.4 is 9.47 Å². The predicted molar refractivity (Wildman–Crippen MR) is 143 cm³/mol. The molecule has 0 atom stereocenters. The topological polar surface area (TPSA) is 99.1 Å². The maximum absolute atomic E-state index is 5.37. The first-order valence-corrected chi connectivity index (χ1v) is 11.8. The summed E-state index contributed by atoms with van der Waals surface area (Å²) < 4.78 is 10.7. The average molecular weight is 485 g/mol. The highest BCUT2D eigenvalue weighted by molar-refractivity contribution is 6.33. The molecule has 0 aliphatic carbocycles. The summed E-state index contributed by atoms with van der Waals surface area (Å²) in [6, 6.07) is 11.6. The van der Waals surface area contributed by atoms with Gasteiger partial charge in [0, 0.05) is 24.2 Å². The second-order valence-corrected chi connectivity index (χ2v) is 8.39. The maximum atomic E-state index is 5.37. The summed E-state index contributed by atoms with van der Waals surface area (Å²) in [5.41, 5.74) is 3.72. The van der Waals surface area contributed by atoms with Crippen LogP contribution in [0.2, 0.25) is 0 Å². The van der Waals surface area contributed by atoms with Crippen molar-refractivity contribution in [3.8, 4) is 11.5 Å². The minimum Gasteiger partial charge on any atom is -0.497 e. The third kappa shape index (κ3) is 4.04. The van der Waals surface area contributed by atoms with E-state index in [1.807, 2.05) is 50.2 Å². The lowest BCUT2D eigenvalue weighted by Gasteiger charge is -2.32. The number of amidine groups is 2. The Hall–Kier alpha value is -4.34. The smallest absolute Gasteiger partial charge is 0.244 e. The van der Waals surface area contributed by atoms with Crippen molar-refractivity contribution < 1.29 is 9.47 Å². The van der Waals surface area contributed by atoms with E-state index in [2.05, 4.69) is 18.7 Å². The third-order valence-electron chi connectivity index (χ3n) is 6.22. The number of benzene rings is 2. The Morgan fingerprint density at radius 1 is 0.667 bits per heavy atom. The van der Waals surface area contributed by atoms with E-state index in [1.165, 1.54) is 0 Å². The lowest BCUT2D eigenvalue weighted by Crippen LogP contribution is -2.49. The highest BCUT2D eigenvalue weighted by atomic mass is 16.5. The molecule has 2 aromatic carbocycles. The number of methoxy groups -OCH3 is 2. The molecule has 0 saturated heterocycles. The van der Waals surface area contributed by atoms with E-state index in [0.717, 1.165) is 46.8 Å². The van der Waals surface area contributed by atoms with E-state index < -0.39 is 0 Å². The Kier molecular flexibility index (Phi) is 6.09. The van der Waals surface area contributed by atoms with Gasteiger partial charge in [0.05, 0.1) is 14.2 Å². The second kappa shape index (κ2) is 9.37. The van der Waals surface area contributed by atoms with Gasteiger partial charge in [-0.15, -0.1) is 0 Å². The van der Waals surface area contributed by atoms with Gasteiger partial charge in [-0.05, 0) is 75.2 Å². The molecule has 0 radical (unpaired) electrons. The molecular formula is C26H28N8O2. The second-order valence-electron chi connectivity index (χ2n) is 8.39. The molecule has 3 heterocycles. The fraction of sp³-hybridized carbons (Fsp3) is 0.308. The van der Waals surface area contributed by atoms with Crippen molar-refractivity contribution in [2.24, 2.45) is 30.0 Å². The molecule has 0 aromatic heterocycles. The van der Waals surface area contributed by atoms with E-state index >= 15 is 0 Å². The van der Waals surface area contributed by atoms with Gasteiger partial charge < -0.3 is 14.4 Å². The van der Waals surface area contributed by atoms with Gasteiger partial charge in [-0.1, -0.05) is 0 Å². The van der Waals surface area contributed by atoms with E-state index in [9.17, 15) is 0 Å². The largest absolute Gasteiger partial charge is 0.497 e. The molecule has 0 unspecified atom stereocenters. The van der Waals surface area contributed by atoms with E-state index in [1.54, 1.807) is 19.1 Å². The molecule has 10 nitrogen and oxygen atoms in total. The highest BCUT2D eigenvalue weighted by Gasteiger charge is 2.36. The Morgan fingerprint density at radius 3 is 1.58 bits per heavy atom. The van der Waals surface area contributed by atoms with Crippen molar-refractivity contribution in [2.45, 2.75) is 27.7 Å². The molecule has 36 heavy (non-hydrogen) atoms. The number of hydrogen-bond acceptors (Lipinski definition) is 10. The Morgan fingerprint density at radius 2 is 1.14 bits per heavy atom. The van der Waals surface area contributed by atoms with Crippen molar-refractivity contribution in [2.75, 3.05) is 27.3 Å². The molecule has 3 aliphatic heterocycles. The Bertz CT molecular complexity index is 1360. The first-order chi connectivity index (χ1) is 17.4. The normalized spacial score (nSPS) is 16.1. The van der Waals surface area contributed by atoms with Gasteiger partial charge in [-0.3, -0.25) is 0 Å². The van der Waals surface area contributed by atoms with Gasteiger partial charge in [0.2, 0.25) is 23.8 Å². The monoisotopic (exact) mass is 484 g/mol. The van der Waals surface area contributed by atoms with Crippen LogP contribution in [0.4, 0.5) is 0 Å². The molecule has 0 spiro atoms. The molecule has 0 bridgehead atoms. The molecular weight excluding hydrogens is 456 g/mol. The standard InChI is InChI=1S/C26H28N8O2/c1-7-33(8-2)23-31-25-29-21(19-11-9-17(35-5)13-15(19)3)27-24-28-22(30-26(32-23)34(24)25)20-12-10-18(36-6)14-16(20)4/h9-14H,7-8H2,1-6H3. The predicted octanol–water partition coefficient (Wildman–Crippen LogP) is 3.62. The number of aliphatic imine (C=N–C) groups is 6. The lowest BCUT2D eigenvalue weighted by molar-refractivity contribution is 0.414. The van der Waals surface area contributed by atoms with Crippen LogP contribution in [0.1, 0.15) is 36.1 Å². The van der Waals surface area contributed by atoms with E-state index in [4.69, 9.17) is 39.4 Å². The number of hydrogen-bond donors (Lipinski definition) is 0. The molecule has 0 amide bonds. The van der Waals surface area contributed by atoms with Crippen LogP contribution in [-0.4, -0.2) is 72.6 Å². The summed E-state index contributed by atoms with van der Waals surface area (Å²) in [6.45, 7) is 9.65. The van der Waals surface area contributed by atoms with E-state index in [0.29, 0.717) is 35.5 Å². The van der Waals surface area contributed by atoms with Crippen LogP contribution in [0, 0.1) is 13.8 Å². The maximum Gasteiger partial charge on any atom is 0.244 e. The zero-order chi connectivity index (χ0) is 25.4. The SMILES string of the molecule is CCN(CC)C1=NC2=NC(c3ccc(OC)cc3C)=NC3=NC(c4ccc(OC)cc4C)=NC(=N1)N32. The highest BCUT2D eigenvalue weighted by Crippen LogP contribution is 2.26. The molecule has 2 aromatic rings. The summed E-state index contributed by atoms with van der Waals surface area (Å²) in [7, 11) is 3.30. The number of rotatable bonds is 6. The number of nitrogens with zero attached hydrogens (tertiary/aromatic N) is 8. The van der Waals surface area contributed by atoms with Crippen LogP contribution >= 0.6 is 0 Å². The quantitative estimate of drug-likeness (QED) is 0.625. The van der Waals surface area contributed by atoms with Gasteiger partial charge in [0.15, 0.2) is 11.7 Å². The van der Waals surface area contributed by atoms with Gasteiger partial charge in [-0.2, -0.15) is 30.0 Å². The molecule has 0 fully saturated rings. The van der Waals surface area contributed by atoms with Crippen LogP contribution in [-0.2, 0) is 0 Å². The average Bonchev–Trinajstić information content (AvgIpc) is 2.88. The summed E-state index contributed by atoms with van der Waals surface area (Å²) in [5.74, 6) is 4.46. The molecule has 5 rings (SSSR count). The zero-order valence-electron chi connectivity index (χ0n) is 21.3. The lowest BCUT2D eigenvalue weighted by atomic mass is 10.1. The van der Waals surface area contributed by atoms with Crippen molar-refractivity contribution in [1.82, 2.24) is 9.80 Å². The van der Waals surface area contributed by atoms with Crippen molar-refractivity contribution in [3.63, 3.8) is 0 Å². The minimum absolute atomic E-state index is 0.423.